The van der Waals surface area contributed by atoms with Gasteiger partial charge in [-0.1, -0.05) is 12.2 Å². The van der Waals surface area contributed by atoms with Gasteiger partial charge < -0.3 is 26.0 Å². The lowest BCUT2D eigenvalue weighted by atomic mass is 10.1. The number of unbranched alkanes of at least 4 members (excludes halogenated alkanes) is 1. The molecule has 0 fully saturated rings. The van der Waals surface area contributed by atoms with Crippen LogP contribution in [0.1, 0.15) is 56.1 Å². The molecule has 9 heteroatoms. The normalized spacial score (nSPS) is 11.8. The fourth-order valence-electron chi connectivity index (χ4n) is 3.10. The van der Waals surface area contributed by atoms with Gasteiger partial charge in [0.25, 0.3) is 0 Å². The summed E-state index contributed by atoms with van der Waals surface area (Å²) in [5.41, 5.74) is 0.369. The molecule has 1 atom stereocenters. The summed E-state index contributed by atoms with van der Waals surface area (Å²) in [7, 11) is 0. The molecular formula is C24H37N5O4. The molecule has 33 heavy (non-hydrogen) atoms. The molecule has 1 aromatic heterocycles. The maximum atomic E-state index is 13.1. The number of amides is 3. The van der Waals surface area contributed by atoms with Gasteiger partial charge in [0.05, 0.1) is 17.3 Å². The SMILES string of the molecule is C=CCN(CC=C)C(=O)[C@H](CCCCNC(=O)NC(C)(C)C)NCc1cc(C(=O)O)ccn1. The van der Waals surface area contributed by atoms with Crippen LogP contribution in [0.25, 0.3) is 0 Å². The van der Waals surface area contributed by atoms with Crippen LogP contribution in [0.2, 0.25) is 0 Å². The summed E-state index contributed by atoms with van der Waals surface area (Å²) in [6.45, 7) is 14.7. The second kappa shape index (κ2) is 14.1. The number of urea groups is 1. The molecular weight excluding hydrogens is 422 g/mol. The van der Waals surface area contributed by atoms with Crippen LogP contribution in [0.15, 0.2) is 43.6 Å². The van der Waals surface area contributed by atoms with Crippen molar-refractivity contribution in [2.24, 2.45) is 0 Å². The van der Waals surface area contributed by atoms with Gasteiger partial charge >= 0.3 is 12.0 Å². The highest BCUT2D eigenvalue weighted by atomic mass is 16.4. The van der Waals surface area contributed by atoms with Crippen molar-refractivity contribution in [3.8, 4) is 0 Å². The molecule has 0 aliphatic carbocycles. The van der Waals surface area contributed by atoms with E-state index in [9.17, 15) is 19.5 Å². The highest BCUT2D eigenvalue weighted by molar-refractivity contribution is 5.87. The molecule has 0 aliphatic heterocycles. The van der Waals surface area contributed by atoms with Crippen LogP contribution in [-0.2, 0) is 11.3 Å². The van der Waals surface area contributed by atoms with E-state index >= 15 is 0 Å². The zero-order chi connectivity index (χ0) is 24.9. The third-order valence-corrected chi connectivity index (χ3v) is 4.60. The molecule has 1 heterocycles. The molecule has 9 nitrogen and oxygen atoms in total. The number of aromatic carboxylic acids is 1. The second-order valence-electron chi connectivity index (χ2n) is 8.72. The Kier molecular flexibility index (Phi) is 11.9. The number of rotatable bonds is 14. The minimum Gasteiger partial charge on any atom is -0.478 e. The van der Waals surface area contributed by atoms with Crippen LogP contribution < -0.4 is 16.0 Å². The predicted octanol–water partition coefficient (Wildman–Crippen LogP) is 2.71. The van der Waals surface area contributed by atoms with E-state index in [1.807, 2.05) is 20.8 Å². The predicted molar refractivity (Wildman–Crippen MR) is 129 cm³/mol. The minimum absolute atomic E-state index is 0.0948. The Morgan fingerprint density at radius 3 is 2.42 bits per heavy atom. The lowest BCUT2D eigenvalue weighted by Gasteiger charge is -2.26. The summed E-state index contributed by atoms with van der Waals surface area (Å²) in [5, 5.41) is 18.0. The van der Waals surface area contributed by atoms with Gasteiger partial charge in [-0.25, -0.2) is 9.59 Å². The maximum absolute atomic E-state index is 13.1. The third-order valence-electron chi connectivity index (χ3n) is 4.60. The number of carboxylic acid groups (broad SMARTS) is 1. The van der Waals surface area contributed by atoms with E-state index in [-0.39, 0.29) is 29.6 Å². The van der Waals surface area contributed by atoms with E-state index in [2.05, 4.69) is 34.1 Å². The largest absolute Gasteiger partial charge is 0.478 e. The fraction of sp³-hybridized carbons (Fsp3) is 0.500. The molecule has 182 valence electrons. The first kappa shape index (κ1) is 27.8. The molecule has 0 bridgehead atoms. The van der Waals surface area contributed by atoms with Crippen LogP contribution in [-0.4, -0.2) is 64.1 Å². The molecule has 3 amide bonds. The van der Waals surface area contributed by atoms with Crippen molar-refractivity contribution in [1.82, 2.24) is 25.8 Å². The highest BCUT2D eigenvalue weighted by Gasteiger charge is 2.23. The van der Waals surface area contributed by atoms with E-state index in [0.717, 1.165) is 0 Å². The van der Waals surface area contributed by atoms with E-state index in [1.54, 1.807) is 17.1 Å². The molecule has 0 aromatic carbocycles. The first-order valence-electron chi connectivity index (χ1n) is 11.1. The second-order valence-corrected chi connectivity index (χ2v) is 8.72. The molecule has 0 unspecified atom stereocenters. The van der Waals surface area contributed by atoms with Crippen molar-refractivity contribution >= 4 is 17.9 Å². The van der Waals surface area contributed by atoms with Gasteiger partial charge in [-0.05, 0) is 52.2 Å². The Labute approximate surface area is 196 Å². The lowest BCUT2D eigenvalue weighted by Crippen LogP contribution is -2.47. The van der Waals surface area contributed by atoms with Gasteiger partial charge in [-0.3, -0.25) is 9.78 Å². The number of hydrogen-bond acceptors (Lipinski definition) is 5. The van der Waals surface area contributed by atoms with E-state index in [4.69, 9.17) is 0 Å². The number of carboxylic acids is 1. The average Bonchev–Trinajstić information content (AvgIpc) is 2.74. The Morgan fingerprint density at radius 2 is 1.85 bits per heavy atom. The summed E-state index contributed by atoms with van der Waals surface area (Å²) in [5.74, 6) is -1.12. The van der Waals surface area contributed by atoms with Gasteiger partial charge in [-0.15, -0.1) is 13.2 Å². The standard InChI is InChI=1S/C24H37N5O4/c1-6-14-29(15-7-2)21(30)20(10-8-9-12-26-23(33)28-24(3,4)5)27-17-19-16-18(22(31)32)11-13-25-19/h6-7,11,13,16,20,27H,1-2,8-10,12,14-15,17H2,3-5H3,(H,31,32)(H2,26,28,33)/t20-/m0/s1. The smallest absolute Gasteiger partial charge is 0.335 e. The molecule has 1 rings (SSSR count). The number of aromatic nitrogens is 1. The summed E-state index contributed by atoms with van der Waals surface area (Å²) >= 11 is 0. The number of hydrogen-bond donors (Lipinski definition) is 4. The van der Waals surface area contributed by atoms with Crippen molar-refractivity contribution in [3.63, 3.8) is 0 Å². The summed E-state index contributed by atoms with van der Waals surface area (Å²) in [6, 6.07) is 2.19. The van der Waals surface area contributed by atoms with E-state index in [1.165, 1.54) is 18.3 Å². The monoisotopic (exact) mass is 459 g/mol. The van der Waals surface area contributed by atoms with Gasteiger partial charge in [0.2, 0.25) is 5.91 Å². The lowest BCUT2D eigenvalue weighted by molar-refractivity contribution is -0.132. The van der Waals surface area contributed by atoms with Crippen molar-refractivity contribution in [1.29, 1.82) is 0 Å². The summed E-state index contributed by atoms with van der Waals surface area (Å²) in [4.78, 5) is 42.0. The van der Waals surface area contributed by atoms with Crippen LogP contribution in [0.4, 0.5) is 4.79 Å². The van der Waals surface area contributed by atoms with Gasteiger partial charge in [-0.2, -0.15) is 0 Å². The first-order valence-corrected chi connectivity index (χ1v) is 11.1. The molecule has 0 saturated heterocycles. The maximum Gasteiger partial charge on any atom is 0.335 e. The van der Waals surface area contributed by atoms with E-state index < -0.39 is 12.0 Å². The van der Waals surface area contributed by atoms with Crippen LogP contribution >= 0.6 is 0 Å². The fourth-order valence-corrected chi connectivity index (χ4v) is 3.10. The summed E-state index contributed by atoms with van der Waals surface area (Å²) < 4.78 is 0. The molecule has 1 aromatic rings. The van der Waals surface area contributed by atoms with Crippen molar-refractivity contribution in [2.75, 3.05) is 19.6 Å². The summed E-state index contributed by atoms with van der Waals surface area (Å²) in [6.07, 6.45) is 6.72. The quantitative estimate of drug-likeness (QED) is 0.251. The van der Waals surface area contributed by atoms with Crippen molar-refractivity contribution < 1.29 is 19.5 Å². The molecule has 0 radical (unpaired) electrons. The Hall–Kier alpha value is -3.20. The zero-order valence-corrected chi connectivity index (χ0v) is 19.9. The van der Waals surface area contributed by atoms with Crippen molar-refractivity contribution in [3.05, 3.63) is 54.9 Å². The molecule has 0 aliphatic rings. The number of pyridine rings is 1. The average molecular weight is 460 g/mol. The topological polar surface area (TPSA) is 124 Å². The Balaban J connectivity index is 2.73. The van der Waals surface area contributed by atoms with E-state index in [0.29, 0.717) is 44.6 Å². The van der Waals surface area contributed by atoms with Gasteiger partial charge in [0.1, 0.15) is 0 Å². The third kappa shape index (κ3) is 11.3. The number of nitrogens with zero attached hydrogens (tertiary/aromatic N) is 2. The number of carbonyl (C=O) groups is 3. The van der Waals surface area contributed by atoms with Crippen LogP contribution in [0.5, 0.6) is 0 Å². The Morgan fingerprint density at radius 1 is 1.18 bits per heavy atom. The zero-order valence-electron chi connectivity index (χ0n) is 19.9. The molecule has 0 saturated carbocycles. The van der Waals surface area contributed by atoms with Crippen LogP contribution in [0, 0.1) is 0 Å². The Bertz CT molecular complexity index is 809. The van der Waals surface area contributed by atoms with Gasteiger partial charge in [0.15, 0.2) is 0 Å². The number of nitrogens with one attached hydrogen (secondary N) is 3. The minimum atomic E-state index is -1.03. The number of carbonyl (C=O) groups excluding carboxylic acids is 2. The molecule has 0 spiro atoms. The first-order chi connectivity index (χ1) is 15.6. The van der Waals surface area contributed by atoms with Crippen LogP contribution in [0.3, 0.4) is 0 Å². The van der Waals surface area contributed by atoms with Gasteiger partial charge in [0, 0.05) is 37.9 Å². The molecule has 4 N–H and O–H groups in total. The highest BCUT2D eigenvalue weighted by Crippen LogP contribution is 2.09. The van der Waals surface area contributed by atoms with Crippen molar-refractivity contribution in [2.45, 2.75) is 58.2 Å².